The van der Waals surface area contributed by atoms with Crippen LogP contribution in [0.5, 0.6) is 11.5 Å². The first kappa shape index (κ1) is 16.6. The Bertz CT molecular complexity index is 649. The standard InChI is InChI=1S/C17H24N4O3/c1-4-18-13-6-5-7-21(11-13)17-19-16(20-24-17)12-8-14(22-2)10-15(9-12)23-3/h8-10,13,18H,4-7,11H2,1-3H3. The van der Waals surface area contributed by atoms with Crippen molar-refractivity contribution in [3.63, 3.8) is 0 Å². The molecule has 1 fully saturated rings. The monoisotopic (exact) mass is 332 g/mol. The summed E-state index contributed by atoms with van der Waals surface area (Å²) in [5.74, 6) is 1.93. The van der Waals surface area contributed by atoms with Crippen LogP contribution in [0.4, 0.5) is 6.01 Å². The minimum atomic E-state index is 0.469. The number of ether oxygens (including phenoxy) is 2. The predicted octanol–water partition coefficient (Wildman–Crippen LogP) is 2.33. The fraction of sp³-hybridized carbons (Fsp3) is 0.529. The van der Waals surface area contributed by atoms with E-state index in [0.29, 0.717) is 29.4 Å². The summed E-state index contributed by atoms with van der Waals surface area (Å²) in [6.45, 7) is 4.92. The van der Waals surface area contributed by atoms with E-state index >= 15 is 0 Å². The van der Waals surface area contributed by atoms with Gasteiger partial charge >= 0.3 is 6.01 Å². The van der Waals surface area contributed by atoms with Gasteiger partial charge in [0.1, 0.15) is 11.5 Å². The minimum absolute atomic E-state index is 0.469. The van der Waals surface area contributed by atoms with Gasteiger partial charge in [0.2, 0.25) is 5.82 Å². The molecule has 7 heteroatoms. The van der Waals surface area contributed by atoms with Crippen molar-refractivity contribution in [3.05, 3.63) is 18.2 Å². The number of piperidine rings is 1. The molecule has 0 bridgehead atoms. The van der Waals surface area contributed by atoms with Crippen LogP contribution < -0.4 is 19.7 Å². The number of likely N-dealkylation sites (N-methyl/N-ethyl adjacent to an activating group) is 1. The number of benzene rings is 1. The molecule has 1 atom stereocenters. The summed E-state index contributed by atoms with van der Waals surface area (Å²) in [6.07, 6.45) is 2.29. The molecule has 7 nitrogen and oxygen atoms in total. The Morgan fingerprint density at radius 1 is 1.25 bits per heavy atom. The van der Waals surface area contributed by atoms with Crippen LogP contribution >= 0.6 is 0 Å². The number of nitrogens with one attached hydrogen (secondary N) is 1. The van der Waals surface area contributed by atoms with E-state index in [2.05, 4.69) is 27.3 Å². The molecule has 1 aromatic carbocycles. The Balaban J connectivity index is 1.80. The van der Waals surface area contributed by atoms with E-state index in [1.807, 2.05) is 18.2 Å². The quantitative estimate of drug-likeness (QED) is 0.870. The van der Waals surface area contributed by atoms with Crippen LogP contribution in [0.3, 0.4) is 0 Å². The summed E-state index contributed by atoms with van der Waals surface area (Å²) in [7, 11) is 3.24. The zero-order chi connectivity index (χ0) is 16.9. The Hall–Kier alpha value is -2.28. The molecule has 2 heterocycles. The van der Waals surface area contributed by atoms with Crippen molar-refractivity contribution in [1.82, 2.24) is 15.5 Å². The van der Waals surface area contributed by atoms with Crippen molar-refractivity contribution < 1.29 is 14.0 Å². The minimum Gasteiger partial charge on any atom is -0.497 e. The molecule has 1 aliphatic rings. The SMILES string of the molecule is CCNC1CCCN(c2nc(-c3cc(OC)cc(OC)c3)no2)C1. The zero-order valence-electron chi connectivity index (χ0n) is 14.4. The van der Waals surface area contributed by atoms with Gasteiger partial charge in [0.15, 0.2) is 0 Å². The lowest BCUT2D eigenvalue weighted by atomic mass is 10.1. The summed E-state index contributed by atoms with van der Waals surface area (Å²) >= 11 is 0. The van der Waals surface area contributed by atoms with E-state index in [1.54, 1.807) is 14.2 Å². The maximum atomic E-state index is 5.49. The van der Waals surface area contributed by atoms with Crippen molar-refractivity contribution in [1.29, 1.82) is 0 Å². The van der Waals surface area contributed by atoms with Crippen LogP contribution in [-0.4, -0.2) is 50.0 Å². The van der Waals surface area contributed by atoms with Crippen molar-refractivity contribution in [2.45, 2.75) is 25.8 Å². The highest BCUT2D eigenvalue weighted by Crippen LogP contribution is 2.29. The number of hydrogen-bond donors (Lipinski definition) is 1. The third-order valence-corrected chi connectivity index (χ3v) is 4.21. The van der Waals surface area contributed by atoms with Gasteiger partial charge in [0.25, 0.3) is 0 Å². The first-order valence-corrected chi connectivity index (χ1v) is 8.29. The van der Waals surface area contributed by atoms with E-state index in [-0.39, 0.29) is 0 Å². The third-order valence-electron chi connectivity index (χ3n) is 4.21. The first-order chi connectivity index (χ1) is 11.7. The number of rotatable bonds is 6. The number of anilines is 1. The van der Waals surface area contributed by atoms with Crippen molar-refractivity contribution in [2.24, 2.45) is 0 Å². The van der Waals surface area contributed by atoms with E-state index < -0.39 is 0 Å². The molecule has 24 heavy (non-hydrogen) atoms. The molecular weight excluding hydrogens is 308 g/mol. The van der Waals surface area contributed by atoms with E-state index in [1.165, 1.54) is 6.42 Å². The number of methoxy groups -OCH3 is 2. The Kier molecular flexibility index (Phi) is 5.20. The van der Waals surface area contributed by atoms with Crippen LogP contribution in [-0.2, 0) is 0 Å². The molecule has 1 aliphatic heterocycles. The highest BCUT2D eigenvalue weighted by molar-refractivity contribution is 5.61. The molecule has 1 saturated heterocycles. The van der Waals surface area contributed by atoms with E-state index in [4.69, 9.17) is 14.0 Å². The van der Waals surface area contributed by atoms with Gasteiger partial charge in [-0.1, -0.05) is 12.1 Å². The lowest BCUT2D eigenvalue weighted by Crippen LogP contribution is -2.45. The number of nitrogens with zero attached hydrogens (tertiary/aromatic N) is 3. The highest BCUT2D eigenvalue weighted by Gasteiger charge is 2.23. The smallest absolute Gasteiger partial charge is 0.324 e. The molecule has 1 N–H and O–H groups in total. The number of aromatic nitrogens is 2. The maximum Gasteiger partial charge on any atom is 0.324 e. The molecule has 0 saturated carbocycles. The van der Waals surface area contributed by atoms with Gasteiger partial charge in [-0.15, -0.1) is 0 Å². The van der Waals surface area contributed by atoms with Gasteiger partial charge in [-0.2, -0.15) is 4.98 Å². The zero-order valence-corrected chi connectivity index (χ0v) is 14.4. The van der Waals surface area contributed by atoms with Crippen molar-refractivity contribution in [2.75, 3.05) is 38.8 Å². The second-order valence-electron chi connectivity index (χ2n) is 5.84. The topological polar surface area (TPSA) is 72.7 Å². The van der Waals surface area contributed by atoms with Crippen LogP contribution in [0.2, 0.25) is 0 Å². The third kappa shape index (κ3) is 3.62. The molecule has 1 unspecified atom stereocenters. The number of hydrogen-bond acceptors (Lipinski definition) is 7. The molecule has 3 rings (SSSR count). The summed E-state index contributed by atoms with van der Waals surface area (Å²) < 4.78 is 16.1. The molecule has 2 aromatic rings. The normalized spacial score (nSPS) is 17.8. The Morgan fingerprint density at radius 2 is 2.00 bits per heavy atom. The van der Waals surface area contributed by atoms with Crippen LogP contribution in [0.15, 0.2) is 22.7 Å². The lowest BCUT2D eigenvalue weighted by Gasteiger charge is -2.31. The van der Waals surface area contributed by atoms with Gasteiger partial charge in [-0.3, -0.25) is 0 Å². The van der Waals surface area contributed by atoms with E-state index in [9.17, 15) is 0 Å². The fourth-order valence-electron chi connectivity index (χ4n) is 3.00. The first-order valence-electron chi connectivity index (χ1n) is 8.29. The Labute approximate surface area is 141 Å². The second-order valence-corrected chi connectivity index (χ2v) is 5.84. The van der Waals surface area contributed by atoms with Gasteiger partial charge in [-0.25, -0.2) is 0 Å². The summed E-state index contributed by atoms with van der Waals surface area (Å²) in [4.78, 5) is 6.70. The van der Waals surface area contributed by atoms with Gasteiger partial charge in [0, 0.05) is 30.8 Å². The van der Waals surface area contributed by atoms with Gasteiger partial charge in [-0.05, 0) is 31.5 Å². The molecular formula is C17H24N4O3. The second kappa shape index (κ2) is 7.53. The summed E-state index contributed by atoms with van der Waals surface area (Å²) in [5, 5.41) is 7.61. The summed E-state index contributed by atoms with van der Waals surface area (Å²) in [6, 6.07) is 6.59. The molecule has 0 radical (unpaired) electrons. The Morgan fingerprint density at radius 3 is 2.67 bits per heavy atom. The van der Waals surface area contributed by atoms with Crippen molar-refractivity contribution >= 4 is 6.01 Å². The van der Waals surface area contributed by atoms with Gasteiger partial charge in [0.05, 0.1) is 14.2 Å². The highest BCUT2D eigenvalue weighted by atomic mass is 16.5. The summed E-state index contributed by atoms with van der Waals surface area (Å²) in [5.41, 5.74) is 0.807. The molecule has 0 aliphatic carbocycles. The molecule has 130 valence electrons. The van der Waals surface area contributed by atoms with Gasteiger partial charge < -0.3 is 24.2 Å². The fourth-order valence-corrected chi connectivity index (χ4v) is 3.00. The van der Waals surface area contributed by atoms with Crippen molar-refractivity contribution in [3.8, 4) is 22.9 Å². The van der Waals surface area contributed by atoms with Crippen LogP contribution in [0, 0.1) is 0 Å². The van der Waals surface area contributed by atoms with Crippen LogP contribution in [0.25, 0.3) is 11.4 Å². The molecule has 0 spiro atoms. The van der Waals surface area contributed by atoms with Crippen LogP contribution in [0.1, 0.15) is 19.8 Å². The average Bonchev–Trinajstić information content (AvgIpc) is 3.12. The van der Waals surface area contributed by atoms with E-state index in [0.717, 1.165) is 31.6 Å². The average molecular weight is 332 g/mol. The largest absolute Gasteiger partial charge is 0.497 e. The maximum absolute atomic E-state index is 5.49. The lowest BCUT2D eigenvalue weighted by molar-refractivity contribution is 0.374. The predicted molar refractivity (Wildman–Crippen MR) is 91.7 cm³/mol. The molecule has 0 amide bonds. The molecule has 1 aromatic heterocycles.